The minimum Gasteiger partial charge on any atom is -0.493 e. The summed E-state index contributed by atoms with van der Waals surface area (Å²) >= 11 is 29.7. The van der Waals surface area contributed by atoms with Crippen LogP contribution < -0.4 is 14.8 Å². The zero-order valence-electron chi connectivity index (χ0n) is 12.2. The smallest absolute Gasteiger partial charge is 0.275 e. The second kappa shape index (κ2) is 7.85. The molecule has 0 unspecified atom stereocenters. The van der Waals surface area contributed by atoms with Crippen LogP contribution in [0.15, 0.2) is 12.1 Å². The third-order valence-corrected chi connectivity index (χ3v) is 4.91. The Morgan fingerprint density at radius 3 is 2.12 bits per heavy atom. The van der Waals surface area contributed by atoms with Gasteiger partial charge < -0.3 is 14.8 Å². The first-order valence-electron chi connectivity index (χ1n) is 6.23. The van der Waals surface area contributed by atoms with Crippen molar-refractivity contribution in [3.05, 3.63) is 43.1 Å². The maximum atomic E-state index is 12.4. The molecule has 0 atom stereocenters. The molecule has 5 nitrogen and oxygen atoms in total. The minimum atomic E-state index is -0.672. The van der Waals surface area contributed by atoms with Gasteiger partial charge in [0.1, 0.15) is 10.8 Å². The molecular weight excluding hydrogens is 421 g/mol. The number of rotatable bonds is 4. The van der Waals surface area contributed by atoms with Gasteiger partial charge in [0.05, 0.1) is 40.0 Å². The van der Waals surface area contributed by atoms with Gasteiger partial charge in [0.25, 0.3) is 5.91 Å². The number of anilines is 1. The van der Waals surface area contributed by atoms with Gasteiger partial charge in [0.15, 0.2) is 11.5 Å². The van der Waals surface area contributed by atoms with Crippen molar-refractivity contribution >= 4 is 69.6 Å². The molecule has 1 amide bonds. The SMILES string of the molecule is COc1cc(Cl)c(NC(=O)c2nc(Cl)c(Cl)c(Cl)c2Cl)cc1OC. The number of nitrogens with zero attached hydrogens (tertiary/aromatic N) is 1. The molecular formula is C14H9Cl5N2O3. The Hall–Kier alpha value is -1.11. The average molecular weight is 431 g/mol. The minimum absolute atomic E-state index is 0.0379. The number of methoxy groups -OCH3 is 2. The fourth-order valence-electron chi connectivity index (χ4n) is 1.77. The van der Waals surface area contributed by atoms with Crippen molar-refractivity contribution in [1.82, 2.24) is 4.98 Å². The molecule has 0 fully saturated rings. The molecule has 24 heavy (non-hydrogen) atoms. The van der Waals surface area contributed by atoms with Gasteiger partial charge in [-0.3, -0.25) is 4.79 Å². The van der Waals surface area contributed by atoms with Crippen molar-refractivity contribution in [2.75, 3.05) is 19.5 Å². The maximum Gasteiger partial charge on any atom is 0.275 e. The lowest BCUT2D eigenvalue weighted by Gasteiger charge is -2.13. The molecule has 0 spiro atoms. The van der Waals surface area contributed by atoms with Crippen LogP contribution in [-0.2, 0) is 0 Å². The van der Waals surface area contributed by atoms with Crippen LogP contribution in [0.3, 0.4) is 0 Å². The molecule has 2 aromatic rings. The van der Waals surface area contributed by atoms with Crippen LogP contribution in [0, 0.1) is 0 Å². The molecule has 2 rings (SSSR count). The molecule has 1 aromatic heterocycles. The first-order valence-corrected chi connectivity index (χ1v) is 8.12. The third kappa shape index (κ3) is 3.76. The summed E-state index contributed by atoms with van der Waals surface area (Å²) in [4.78, 5) is 16.2. The fraction of sp³-hybridized carbons (Fsp3) is 0.143. The van der Waals surface area contributed by atoms with E-state index in [1.807, 2.05) is 0 Å². The molecule has 0 saturated heterocycles. The molecule has 1 aromatic carbocycles. The Bertz CT molecular complexity index is 814. The average Bonchev–Trinajstić information content (AvgIpc) is 2.57. The summed E-state index contributed by atoms with van der Waals surface area (Å²) in [5.74, 6) is 0.118. The summed E-state index contributed by atoms with van der Waals surface area (Å²) in [5.41, 5.74) is 0.0706. The summed E-state index contributed by atoms with van der Waals surface area (Å²) in [7, 11) is 2.92. The van der Waals surface area contributed by atoms with E-state index >= 15 is 0 Å². The number of carbonyl (C=O) groups is 1. The number of ether oxygens (including phenoxy) is 2. The molecule has 10 heteroatoms. The summed E-state index contributed by atoms with van der Waals surface area (Å²) in [6.07, 6.45) is 0. The Morgan fingerprint density at radius 1 is 0.958 bits per heavy atom. The number of pyridine rings is 1. The van der Waals surface area contributed by atoms with E-state index in [0.29, 0.717) is 11.5 Å². The zero-order valence-corrected chi connectivity index (χ0v) is 16.0. The maximum absolute atomic E-state index is 12.4. The van der Waals surface area contributed by atoms with Crippen LogP contribution in [0.4, 0.5) is 5.69 Å². The first kappa shape index (κ1) is 19.2. The van der Waals surface area contributed by atoms with Gasteiger partial charge in [-0.15, -0.1) is 0 Å². The van der Waals surface area contributed by atoms with E-state index in [0.717, 1.165) is 0 Å². The molecule has 0 aliphatic rings. The number of halogens is 5. The molecule has 1 N–H and O–H groups in total. The van der Waals surface area contributed by atoms with Gasteiger partial charge in [0, 0.05) is 12.1 Å². The van der Waals surface area contributed by atoms with E-state index < -0.39 is 5.91 Å². The summed E-state index contributed by atoms with van der Waals surface area (Å²) in [6.45, 7) is 0. The lowest BCUT2D eigenvalue weighted by atomic mass is 10.2. The van der Waals surface area contributed by atoms with Crippen molar-refractivity contribution in [2.24, 2.45) is 0 Å². The van der Waals surface area contributed by atoms with Crippen molar-refractivity contribution in [3.8, 4) is 11.5 Å². The quantitative estimate of drug-likeness (QED) is 0.640. The standard InChI is InChI=1S/C14H9Cl5N2O3/c1-23-7-3-5(15)6(4-8(7)24-2)20-14(22)12-10(17)9(16)11(18)13(19)21-12/h3-4H,1-2H3,(H,20,22). The Balaban J connectivity index is 2.41. The highest BCUT2D eigenvalue weighted by Crippen LogP contribution is 2.38. The summed E-state index contributed by atoms with van der Waals surface area (Å²) in [6, 6.07) is 2.99. The van der Waals surface area contributed by atoms with E-state index in [4.69, 9.17) is 67.5 Å². The first-order chi connectivity index (χ1) is 11.3. The van der Waals surface area contributed by atoms with E-state index in [2.05, 4.69) is 10.3 Å². The van der Waals surface area contributed by atoms with Gasteiger partial charge >= 0.3 is 0 Å². The van der Waals surface area contributed by atoms with Crippen LogP contribution in [0.25, 0.3) is 0 Å². The highest BCUT2D eigenvalue weighted by molar-refractivity contribution is 6.52. The van der Waals surface area contributed by atoms with E-state index in [-0.39, 0.29) is 36.6 Å². The number of aromatic nitrogens is 1. The molecule has 0 aliphatic heterocycles. The number of benzene rings is 1. The number of carbonyl (C=O) groups excluding carboxylic acids is 1. The highest BCUT2D eigenvalue weighted by atomic mass is 35.5. The van der Waals surface area contributed by atoms with Crippen molar-refractivity contribution in [1.29, 1.82) is 0 Å². The number of hydrogen-bond acceptors (Lipinski definition) is 4. The number of hydrogen-bond donors (Lipinski definition) is 1. The topological polar surface area (TPSA) is 60.5 Å². The zero-order chi connectivity index (χ0) is 18.0. The molecule has 0 saturated carbocycles. The van der Waals surface area contributed by atoms with Gasteiger partial charge in [-0.05, 0) is 0 Å². The molecule has 0 bridgehead atoms. The van der Waals surface area contributed by atoms with Crippen LogP contribution in [-0.4, -0.2) is 25.1 Å². The van der Waals surface area contributed by atoms with Crippen molar-refractivity contribution < 1.29 is 14.3 Å². The monoisotopic (exact) mass is 428 g/mol. The summed E-state index contributed by atoms with van der Waals surface area (Å²) in [5, 5.41) is 2.40. The summed E-state index contributed by atoms with van der Waals surface area (Å²) < 4.78 is 10.3. The van der Waals surface area contributed by atoms with Crippen LogP contribution in [0.5, 0.6) is 11.5 Å². The molecule has 0 aliphatic carbocycles. The Morgan fingerprint density at radius 2 is 1.54 bits per heavy atom. The molecule has 128 valence electrons. The van der Waals surface area contributed by atoms with E-state index in [1.54, 1.807) is 0 Å². The fourth-order valence-corrected chi connectivity index (χ4v) is 2.78. The highest BCUT2D eigenvalue weighted by Gasteiger charge is 2.21. The largest absolute Gasteiger partial charge is 0.493 e. The van der Waals surface area contributed by atoms with E-state index in [9.17, 15) is 4.79 Å². The van der Waals surface area contributed by atoms with Crippen molar-refractivity contribution in [3.63, 3.8) is 0 Å². The van der Waals surface area contributed by atoms with Gasteiger partial charge in [-0.2, -0.15) is 0 Å². The predicted molar refractivity (Wildman–Crippen MR) is 96.8 cm³/mol. The van der Waals surface area contributed by atoms with E-state index in [1.165, 1.54) is 26.4 Å². The lowest BCUT2D eigenvalue weighted by molar-refractivity contribution is 0.102. The second-order valence-electron chi connectivity index (χ2n) is 4.33. The lowest BCUT2D eigenvalue weighted by Crippen LogP contribution is -2.15. The van der Waals surface area contributed by atoms with Crippen LogP contribution >= 0.6 is 58.0 Å². The van der Waals surface area contributed by atoms with Crippen molar-refractivity contribution in [2.45, 2.75) is 0 Å². The third-order valence-electron chi connectivity index (χ3n) is 2.92. The van der Waals surface area contributed by atoms with Crippen LogP contribution in [0.2, 0.25) is 25.2 Å². The second-order valence-corrected chi connectivity index (χ2v) is 6.23. The normalized spacial score (nSPS) is 10.5. The number of nitrogens with one attached hydrogen (secondary N) is 1. The van der Waals surface area contributed by atoms with Gasteiger partial charge in [-0.1, -0.05) is 58.0 Å². The Labute approximate surface area is 162 Å². The molecule has 0 radical (unpaired) electrons. The predicted octanol–water partition coefficient (Wildman–Crippen LogP) is 5.62. The number of amides is 1. The Kier molecular flexibility index (Phi) is 6.28. The van der Waals surface area contributed by atoms with Crippen LogP contribution in [0.1, 0.15) is 10.5 Å². The van der Waals surface area contributed by atoms with Gasteiger partial charge in [-0.25, -0.2) is 4.98 Å². The molecule has 1 heterocycles. The van der Waals surface area contributed by atoms with Gasteiger partial charge in [0.2, 0.25) is 0 Å².